The summed E-state index contributed by atoms with van der Waals surface area (Å²) in [4.78, 5) is 28.6. The van der Waals surface area contributed by atoms with Gasteiger partial charge in [0.1, 0.15) is 11.1 Å². The second-order valence-electron chi connectivity index (χ2n) is 8.23. The second kappa shape index (κ2) is 11.4. The van der Waals surface area contributed by atoms with Crippen LogP contribution in [0.3, 0.4) is 0 Å². The third kappa shape index (κ3) is 6.05. The minimum atomic E-state index is -0.635. The van der Waals surface area contributed by atoms with Crippen LogP contribution in [0.5, 0.6) is 0 Å². The molecular weight excluding hydrogens is 552 g/mol. The van der Waals surface area contributed by atoms with Crippen LogP contribution in [0.15, 0.2) is 88.4 Å². The Bertz CT molecular complexity index is 1520. The van der Waals surface area contributed by atoms with E-state index in [0.29, 0.717) is 27.5 Å². The molecule has 4 rings (SSSR count). The van der Waals surface area contributed by atoms with Crippen molar-refractivity contribution in [3.05, 3.63) is 105 Å². The molecule has 0 saturated heterocycles. The summed E-state index contributed by atoms with van der Waals surface area (Å²) in [5.41, 5.74) is 4.28. The van der Waals surface area contributed by atoms with Crippen LogP contribution in [0.4, 0.5) is 11.4 Å². The highest BCUT2D eigenvalue weighted by Gasteiger charge is 2.22. The number of halogens is 1. The van der Waals surface area contributed by atoms with E-state index in [0.717, 1.165) is 21.2 Å². The fourth-order valence-corrected chi connectivity index (χ4v) is 4.87. The lowest BCUT2D eigenvalue weighted by Gasteiger charge is -2.16. The van der Waals surface area contributed by atoms with E-state index in [-0.39, 0.29) is 11.6 Å². The summed E-state index contributed by atoms with van der Waals surface area (Å²) in [6, 6.07) is 26.0. The van der Waals surface area contributed by atoms with E-state index < -0.39 is 10.2 Å². The molecule has 1 amide bonds. The smallest absolute Gasteiger partial charge is 0.274 e. The van der Waals surface area contributed by atoms with Gasteiger partial charge in [-0.1, -0.05) is 76.2 Å². The zero-order valence-corrected chi connectivity index (χ0v) is 22.3. The molecule has 0 aliphatic heterocycles. The number of pyridine rings is 1. The third-order valence-electron chi connectivity index (χ3n) is 5.65. The number of benzene rings is 3. The van der Waals surface area contributed by atoms with Crippen molar-refractivity contribution in [3.8, 4) is 28.5 Å². The minimum Gasteiger partial charge on any atom is -0.325 e. The number of rotatable bonds is 7. The first-order chi connectivity index (χ1) is 17.8. The summed E-state index contributed by atoms with van der Waals surface area (Å²) in [5.74, 6) is -0.357. The van der Waals surface area contributed by atoms with E-state index in [1.165, 1.54) is 17.8 Å². The van der Waals surface area contributed by atoms with Gasteiger partial charge in [-0.05, 0) is 43.7 Å². The lowest BCUT2D eigenvalue weighted by molar-refractivity contribution is -0.385. The molecule has 0 aliphatic rings. The van der Waals surface area contributed by atoms with E-state index in [2.05, 4.69) is 27.3 Å². The van der Waals surface area contributed by atoms with Crippen molar-refractivity contribution in [2.45, 2.75) is 24.1 Å². The van der Waals surface area contributed by atoms with E-state index in [4.69, 9.17) is 4.98 Å². The molecule has 0 saturated carbocycles. The van der Waals surface area contributed by atoms with Crippen molar-refractivity contribution in [2.75, 3.05) is 5.32 Å². The maximum Gasteiger partial charge on any atom is 0.274 e. The Morgan fingerprint density at radius 2 is 1.78 bits per heavy atom. The SMILES string of the molecule is Cc1ccc(NC(=O)[C@@H](C)Sc2nc(-c3ccc(Br)cc3)cc(-c3ccccc3)c2C#N)cc1[N+](=O)[O-]. The first-order valence-corrected chi connectivity index (χ1v) is 12.9. The van der Waals surface area contributed by atoms with E-state index in [1.54, 1.807) is 26.0 Å². The summed E-state index contributed by atoms with van der Waals surface area (Å²) in [5, 5.41) is 23.9. The van der Waals surface area contributed by atoms with Crippen molar-refractivity contribution in [2.24, 2.45) is 0 Å². The molecule has 3 aromatic carbocycles. The number of nitrogens with zero attached hydrogens (tertiary/aromatic N) is 3. The maximum atomic E-state index is 13.0. The Morgan fingerprint density at radius 3 is 2.43 bits per heavy atom. The highest BCUT2D eigenvalue weighted by molar-refractivity contribution is 9.10. The molecule has 1 aromatic heterocycles. The van der Waals surface area contributed by atoms with Gasteiger partial charge in [0.15, 0.2) is 0 Å². The molecule has 0 unspecified atom stereocenters. The molecule has 0 bridgehead atoms. The molecule has 0 fully saturated rings. The standard InChI is InChI=1S/C28H21BrN4O3S/c1-17-8-13-22(14-26(17)33(35)36)31-27(34)18(2)37-28-24(16-30)23(19-6-4-3-5-7-19)15-25(32-28)20-9-11-21(29)12-10-20/h3-15,18H,1-2H3,(H,31,34)/t18-/m1/s1. The predicted octanol–water partition coefficient (Wildman–Crippen LogP) is 7.39. The Balaban J connectivity index is 1.70. The van der Waals surface area contributed by atoms with E-state index in [9.17, 15) is 20.2 Å². The summed E-state index contributed by atoms with van der Waals surface area (Å²) in [6.07, 6.45) is 0. The number of amides is 1. The summed E-state index contributed by atoms with van der Waals surface area (Å²) in [6.45, 7) is 3.35. The number of nitrogens with one attached hydrogen (secondary N) is 1. The van der Waals surface area contributed by atoms with Crippen molar-refractivity contribution in [1.82, 2.24) is 4.98 Å². The number of carbonyl (C=O) groups is 1. The second-order valence-corrected chi connectivity index (χ2v) is 10.5. The molecule has 37 heavy (non-hydrogen) atoms. The fourth-order valence-electron chi connectivity index (χ4n) is 3.68. The number of thioether (sulfide) groups is 1. The summed E-state index contributed by atoms with van der Waals surface area (Å²) in [7, 11) is 0. The van der Waals surface area contributed by atoms with Crippen LogP contribution < -0.4 is 5.32 Å². The van der Waals surface area contributed by atoms with Gasteiger partial charge in [-0.3, -0.25) is 14.9 Å². The summed E-state index contributed by atoms with van der Waals surface area (Å²) >= 11 is 4.62. The molecule has 4 aromatic rings. The molecule has 1 N–H and O–H groups in total. The maximum absolute atomic E-state index is 13.0. The first kappa shape index (κ1) is 26.1. The van der Waals surface area contributed by atoms with E-state index in [1.807, 2.05) is 60.7 Å². The Labute approximate surface area is 226 Å². The predicted molar refractivity (Wildman–Crippen MR) is 149 cm³/mol. The molecule has 0 aliphatic carbocycles. The molecule has 1 heterocycles. The zero-order chi connectivity index (χ0) is 26.5. The van der Waals surface area contributed by atoms with Gasteiger partial charge in [0, 0.05) is 32.9 Å². The molecule has 9 heteroatoms. The van der Waals surface area contributed by atoms with Gasteiger partial charge in [0.25, 0.3) is 5.69 Å². The third-order valence-corrected chi connectivity index (χ3v) is 7.27. The highest BCUT2D eigenvalue weighted by atomic mass is 79.9. The fraction of sp³-hybridized carbons (Fsp3) is 0.107. The first-order valence-electron chi connectivity index (χ1n) is 11.3. The Hall–Kier alpha value is -4.00. The molecule has 184 valence electrons. The van der Waals surface area contributed by atoms with Crippen LogP contribution in [-0.4, -0.2) is 21.1 Å². The normalized spacial score (nSPS) is 11.4. The lowest BCUT2D eigenvalue weighted by atomic mass is 9.99. The molecule has 0 spiro atoms. The van der Waals surface area contributed by atoms with Gasteiger partial charge >= 0.3 is 0 Å². The number of nitro benzene ring substituents is 1. The number of carbonyl (C=O) groups excluding carboxylic acids is 1. The van der Waals surface area contributed by atoms with Gasteiger partial charge in [0.05, 0.1) is 21.4 Å². The molecular formula is C28H21BrN4O3S. The van der Waals surface area contributed by atoms with Gasteiger partial charge < -0.3 is 5.32 Å². The molecule has 0 radical (unpaired) electrons. The van der Waals surface area contributed by atoms with Crippen molar-refractivity contribution in [1.29, 1.82) is 5.26 Å². The molecule has 7 nitrogen and oxygen atoms in total. The van der Waals surface area contributed by atoms with Gasteiger partial charge in [0.2, 0.25) is 5.91 Å². The minimum absolute atomic E-state index is 0.0683. The lowest BCUT2D eigenvalue weighted by Crippen LogP contribution is -2.22. The number of hydrogen-bond acceptors (Lipinski definition) is 6. The van der Waals surface area contributed by atoms with Crippen molar-refractivity contribution < 1.29 is 9.72 Å². The van der Waals surface area contributed by atoms with Crippen LogP contribution in [0.25, 0.3) is 22.4 Å². The Morgan fingerprint density at radius 1 is 1.08 bits per heavy atom. The number of hydrogen-bond donors (Lipinski definition) is 1. The topological polar surface area (TPSA) is 109 Å². The zero-order valence-electron chi connectivity index (χ0n) is 19.9. The summed E-state index contributed by atoms with van der Waals surface area (Å²) < 4.78 is 0.935. The van der Waals surface area contributed by atoms with Gasteiger partial charge in [-0.15, -0.1) is 0 Å². The van der Waals surface area contributed by atoms with E-state index >= 15 is 0 Å². The Kier molecular flexibility index (Phi) is 8.01. The number of nitro groups is 1. The number of nitriles is 1. The van der Waals surface area contributed by atoms with Crippen LogP contribution in [0.2, 0.25) is 0 Å². The monoisotopic (exact) mass is 572 g/mol. The van der Waals surface area contributed by atoms with Crippen molar-refractivity contribution >= 4 is 45.0 Å². The highest BCUT2D eigenvalue weighted by Crippen LogP contribution is 2.36. The number of anilines is 1. The van der Waals surface area contributed by atoms with Crippen LogP contribution in [-0.2, 0) is 4.79 Å². The van der Waals surface area contributed by atoms with Crippen molar-refractivity contribution in [3.63, 3.8) is 0 Å². The van der Waals surface area contributed by atoms with Gasteiger partial charge in [-0.25, -0.2) is 4.98 Å². The van der Waals surface area contributed by atoms with Crippen LogP contribution >= 0.6 is 27.7 Å². The number of aryl methyl sites for hydroxylation is 1. The largest absolute Gasteiger partial charge is 0.325 e. The molecule has 1 atom stereocenters. The van der Waals surface area contributed by atoms with Crippen LogP contribution in [0, 0.1) is 28.4 Å². The van der Waals surface area contributed by atoms with Crippen LogP contribution in [0.1, 0.15) is 18.1 Å². The quantitative estimate of drug-likeness (QED) is 0.140. The number of aromatic nitrogens is 1. The average molecular weight is 573 g/mol. The average Bonchev–Trinajstić information content (AvgIpc) is 2.90. The van der Waals surface area contributed by atoms with Gasteiger partial charge in [-0.2, -0.15) is 5.26 Å².